The summed E-state index contributed by atoms with van der Waals surface area (Å²) in [6, 6.07) is 0.293. The van der Waals surface area contributed by atoms with E-state index in [1.165, 1.54) is 13.3 Å². The van der Waals surface area contributed by atoms with Gasteiger partial charge in [-0.2, -0.15) is 16.7 Å². The van der Waals surface area contributed by atoms with E-state index in [-0.39, 0.29) is 23.9 Å². The molecule has 0 aromatic carbocycles. The summed E-state index contributed by atoms with van der Waals surface area (Å²) in [5.74, 6) is 0.513. The Morgan fingerprint density at radius 3 is 2.88 bits per heavy atom. The van der Waals surface area contributed by atoms with Gasteiger partial charge in [0.05, 0.1) is 19.9 Å². The quantitative estimate of drug-likeness (QED) is 0.824. The fourth-order valence-electron chi connectivity index (χ4n) is 1.30. The van der Waals surface area contributed by atoms with E-state index in [2.05, 4.69) is 15.3 Å². The molecule has 0 saturated heterocycles. The molecule has 2 atom stereocenters. The van der Waals surface area contributed by atoms with Crippen molar-refractivity contribution in [2.24, 2.45) is 0 Å². The smallest absolute Gasteiger partial charge is 0.318 e. The Morgan fingerprint density at radius 1 is 1.65 bits per heavy atom. The van der Waals surface area contributed by atoms with E-state index in [0.717, 1.165) is 0 Å². The number of aliphatic hydroxyl groups excluding tert-OH is 1. The lowest BCUT2D eigenvalue weighted by Crippen LogP contribution is -2.31. The van der Waals surface area contributed by atoms with Gasteiger partial charge in [-0.15, -0.1) is 0 Å². The second kappa shape index (κ2) is 6.88. The molecule has 0 amide bonds. The predicted octanol–water partition coefficient (Wildman–Crippen LogP) is 1.66. The zero-order valence-electron chi connectivity index (χ0n) is 9.98. The van der Waals surface area contributed by atoms with Crippen molar-refractivity contribution in [3.63, 3.8) is 0 Å². The maximum Gasteiger partial charge on any atom is 0.318 e. The first-order valence-electron chi connectivity index (χ1n) is 5.09. The minimum absolute atomic E-state index is 0.0344. The largest absolute Gasteiger partial charge is 0.467 e. The van der Waals surface area contributed by atoms with Crippen molar-refractivity contribution in [1.29, 1.82) is 0 Å². The molecule has 2 unspecified atom stereocenters. The van der Waals surface area contributed by atoms with Crippen LogP contribution in [0.3, 0.4) is 0 Å². The Balaban J connectivity index is 2.79. The van der Waals surface area contributed by atoms with E-state index in [1.807, 2.05) is 13.2 Å². The number of rotatable bonds is 6. The van der Waals surface area contributed by atoms with E-state index in [1.54, 1.807) is 11.8 Å². The minimum Gasteiger partial charge on any atom is -0.467 e. The third kappa shape index (κ3) is 3.90. The second-order valence-corrected chi connectivity index (χ2v) is 4.93. The van der Waals surface area contributed by atoms with E-state index in [0.29, 0.717) is 10.8 Å². The summed E-state index contributed by atoms with van der Waals surface area (Å²) in [5.41, 5.74) is 0. The molecule has 0 saturated carbocycles. The zero-order chi connectivity index (χ0) is 12.8. The average molecular weight is 278 g/mol. The second-order valence-electron chi connectivity index (χ2n) is 3.44. The van der Waals surface area contributed by atoms with Crippen LogP contribution in [0.25, 0.3) is 0 Å². The molecule has 17 heavy (non-hydrogen) atoms. The topological polar surface area (TPSA) is 67.3 Å². The van der Waals surface area contributed by atoms with Gasteiger partial charge in [0.15, 0.2) is 5.82 Å². The average Bonchev–Trinajstić information content (AvgIpc) is 2.33. The van der Waals surface area contributed by atoms with E-state index in [9.17, 15) is 5.11 Å². The van der Waals surface area contributed by atoms with Crippen LogP contribution in [0, 0.1) is 0 Å². The van der Waals surface area contributed by atoms with Gasteiger partial charge in [0.1, 0.15) is 5.02 Å². The summed E-state index contributed by atoms with van der Waals surface area (Å²) in [6.07, 6.45) is 3.43. The van der Waals surface area contributed by atoms with Gasteiger partial charge in [-0.3, -0.25) is 0 Å². The molecule has 0 bridgehead atoms. The Labute approximate surface area is 110 Å². The van der Waals surface area contributed by atoms with Crippen LogP contribution in [0.15, 0.2) is 6.20 Å². The summed E-state index contributed by atoms with van der Waals surface area (Å²) in [4.78, 5) is 8.00. The summed E-state index contributed by atoms with van der Waals surface area (Å²) in [6.45, 7) is 2.05. The molecular weight excluding hydrogens is 262 g/mol. The number of halogens is 1. The third-order valence-electron chi connectivity index (χ3n) is 2.31. The molecule has 5 nitrogen and oxygen atoms in total. The van der Waals surface area contributed by atoms with Gasteiger partial charge in [-0.05, 0) is 13.2 Å². The Morgan fingerprint density at radius 2 is 2.35 bits per heavy atom. The molecule has 1 aromatic heterocycles. The molecule has 1 rings (SSSR count). The fourth-order valence-corrected chi connectivity index (χ4v) is 2.07. The lowest BCUT2D eigenvalue weighted by Gasteiger charge is -2.22. The Kier molecular flexibility index (Phi) is 5.80. The highest BCUT2D eigenvalue weighted by Gasteiger charge is 2.17. The maximum absolute atomic E-state index is 9.19. The molecule has 0 aliphatic heterocycles. The molecule has 0 fully saturated rings. The monoisotopic (exact) mass is 277 g/mol. The van der Waals surface area contributed by atoms with Gasteiger partial charge in [0.2, 0.25) is 0 Å². The van der Waals surface area contributed by atoms with E-state index >= 15 is 0 Å². The van der Waals surface area contributed by atoms with Crippen LogP contribution >= 0.6 is 23.4 Å². The summed E-state index contributed by atoms with van der Waals surface area (Å²) in [5, 5.41) is 12.8. The van der Waals surface area contributed by atoms with Crippen LogP contribution in [-0.2, 0) is 0 Å². The lowest BCUT2D eigenvalue weighted by atomic mass is 10.2. The highest BCUT2D eigenvalue weighted by Crippen LogP contribution is 2.23. The molecule has 0 spiro atoms. The van der Waals surface area contributed by atoms with Crippen LogP contribution in [0.4, 0.5) is 5.82 Å². The lowest BCUT2D eigenvalue weighted by molar-refractivity contribution is 0.288. The number of aliphatic hydroxyl groups is 1. The van der Waals surface area contributed by atoms with Crippen molar-refractivity contribution < 1.29 is 9.84 Å². The van der Waals surface area contributed by atoms with Crippen LogP contribution in [-0.4, -0.2) is 46.3 Å². The van der Waals surface area contributed by atoms with Crippen LogP contribution in [0.5, 0.6) is 6.01 Å². The number of nitrogens with one attached hydrogen (secondary N) is 1. The van der Waals surface area contributed by atoms with Gasteiger partial charge in [0.25, 0.3) is 0 Å². The number of anilines is 1. The molecule has 0 radical (unpaired) electrons. The van der Waals surface area contributed by atoms with Crippen molar-refractivity contribution in [3.05, 3.63) is 11.2 Å². The van der Waals surface area contributed by atoms with Crippen LogP contribution in [0.2, 0.25) is 5.02 Å². The van der Waals surface area contributed by atoms with E-state index < -0.39 is 0 Å². The first-order valence-corrected chi connectivity index (χ1v) is 6.75. The summed E-state index contributed by atoms with van der Waals surface area (Å²) in [7, 11) is 1.49. The van der Waals surface area contributed by atoms with Gasteiger partial charge >= 0.3 is 6.01 Å². The number of methoxy groups -OCH3 is 1. The van der Waals surface area contributed by atoms with Crippen molar-refractivity contribution in [1.82, 2.24) is 9.97 Å². The molecular formula is C10H16ClN3O2S. The number of aromatic nitrogens is 2. The highest BCUT2D eigenvalue weighted by atomic mass is 35.5. The Bertz CT molecular complexity index is 363. The number of ether oxygens (including phenoxy) is 1. The van der Waals surface area contributed by atoms with Crippen molar-refractivity contribution >= 4 is 29.2 Å². The number of hydrogen-bond acceptors (Lipinski definition) is 6. The minimum atomic E-state index is 0.0344. The van der Waals surface area contributed by atoms with Crippen LogP contribution in [0.1, 0.15) is 6.92 Å². The molecule has 1 aromatic rings. The summed E-state index contributed by atoms with van der Waals surface area (Å²) < 4.78 is 4.93. The fraction of sp³-hybridized carbons (Fsp3) is 0.600. The maximum atomic E-state index is 9.19. The van der Waals surface area contributed by atoms with Crippen molar-refractivity contribution in [2.45, 2.75) is 18.2 Å². The molecule has 0 aliphatic rings. The number of nitrogens with zero attached hydrogens (tertiary/aromatic N) is 2. The Hall–Kier alpha value is -0.720. The van der Waals surface area contributed by atoms with Gasteiger partial charge in [-0.1, -0.05) is 11.6 Å². The zero-order valence-corrected chi connectivity index (χ0v) is 11.5. The number of hydrogen-bond donors (Lipinski definition) is 2. The molecule has 7 heteroatoms. The van der Waals surface area contributed by atoms with Gasteiger partial charge in [-0.25, -0.2) is 4.98 Å². The standard InChI is InChI=1S/C10H16ClN3O2S/c1-6(8(5-15)17-3)13-9-7(11)4-12-10(14-9)16-2/h4,6,8,15H,5H2,1-3H3,(H,12,13,14). The van der Waals surface area contributed by atoms with Crippen LogP contribution < -0.4 is 10.1 Å². The third-order valence-corrected chi connectivity index (χ3v) is 3.75. The van der Waals surface area contributed by atoms with E-state index in [4.69, 9.17) is 16.3 Å². The van der Waals surface area contributed by atoms with Crippen molar-refractivity contribution in [3.8, 4) is 6.01 Å². The van der Waals surface area contributed by atoms with Gasteiger partial charge in [0, 0.05) is 11.3 Å². The van der Waals surface area contributed by atoms with Gasteiger partial charge < -0.3 is 15.2 Å². The predicted molar refractivity (Wildman–Crippen MR) is 71.1 cm³/mol. The number of thioether (sulfide) groups is 1. The first kappa shape index (κ1) is 14.3. The highest BCUT2D eigenvalue weighted by molar-refractivity contribution is 7.99. The molecule has 96 valence electrons. The molecule has 2 N–H and O–H groups in total. The first-order chi connectivity index (χ1) is 8.12. The molecule has 0 aliphatic carbocycles. The normalized spacial score (nSPS) is 14.2. The summed E-state index contributed by atoms with van der Waals surface area (Å²) >= 11 is 7.56. The van der Waals surface area contributed by atoms with Crippen molar-refractivity contribution in [2.75, 3.05) is 25.3 Å². The SMILES string of the molecule is COc1ncc(Cl)c(NC(C)C(CO)SC)n1. The molecule has 1 heterocycles.